The van der Waals surface area contributed by atoms with Gasteiger partial charge in [-0.1, -0.05) is 61.5 Å². The molecule has 4 N–H and O–H groups in total. The Morgan fingerprint density at radius 1 is 0.935 bits per heavy atom. The minimum Gasteiger partial charge on any atom is -0.392 e. The summed E-state index contributed by atoms with van der Waals surface area (Å²) in [6.45, 7) is 5.82. The van der Waals surface area contributed by atoms with E-state index in [2.05, 4.69) is 17.4 Å². The van der Waals surface area contributed by atoms with Gasteiger partial charge in [-0.15, -0.1) is 0 Å². The van der Waals surface area contributed by atoms with Crippen molar-refractivity contribution in [2.45, 2.75) is 52.1 Å². The highest BCUT2D eigenvalue weighted by molar-refractivity contribution is 5.48. The molecule has 2 aromatic rings. The Kier molecular flexibility index (Phi) is 7.68. The van der Waals surface area contributed by atoms with E-state index in [9.17, 15) is 15.3 Å². The van der Waals surface area contributed by atoms with Crippen molar-refractivity contribution in [2.24, 2.45) is 5.92 Å². The molecule has 0 aliphatic carbocycles. The van der Waals surface area contributed by atoms with Crippen LogP contribution in [0.2, 0.25) is 0 Å². The second kappa shape index (κ2) is 10.2. The minimum absolute atomic E-state index is 0.0444. The van der Waals surface area contributed by atoms with Crippen LogP contribution < -0.4 is 5.32 Å². The van der Waals surface area contributed by atoms with Crippen LogP contribution in [-0.2, 0) is 17.8 Å². The number of benzene rings is 2. The minimum atomic E-state index is -1.12. The monoisotopic (exact) mass is 423 g/mol. The van der Waals surface area contributed by atoms with Gasteiger partial charge in [0.15, 0.2) is 6.29 Å². The molecule has 0 fully saturated rings. The average Bonchev–Trinajstić information content (AvgIpc) is 2.78. The summed E-state index contributed by atoms with van der Waals surface area (Å²) in [7, 11) is 1.46. The highest BCUT2D eigenvalue weighted by Crippen LogP contribution is 2.43. The number of allylic oxidation sites excluding steroid dienone is 2. The summed E-state index contributed by atoms with van der Waals surface area (Å²) in [6, 6.07) is 17.8. The lowest BCUT2D eigenvalue weighted by atomic mass is 9.74. The fourth-order valence-corrected chi connectivity index (χ4v) is 4.51. The summed E-state index contributed by atoms with van der Waals surface area (Å²) in [5, 5.41) is 35.2. The van der Waals surface area contributed by atoms with Crippen LogP contribution in [0.25, 0.3) is 0 Å². The van der Waals surface area contributed by atoms with Gasteiger partial charge in [-0.25, -0.2) is 0 Å². The first-order chi connectivity index (χ1) is 14.9. The van der Waals surface area contributed by atoms with Crippen molar-refractivity contribution >= 4 is 0 Å². The topological polar surface area (TPSA) is 82.0 Å². The molecule has 0 bridgehead atoms. The van der Waals surface area contributed by atoms with Gasteiger partial charge in [0.25, 0.3) is 0 Å². The molecule has 0 aromatic heterocycles. The fourth-order valence-electron chi connectivity index (χ4n) is 4.51. The van der Waals surface area contributed by atoms with Gasteiger partial charge in [0.05, 0.1) is 12.7 Å². The van der Waals surface area contributed by atoms with Crippen molar-refractivity contribution in [2.75, 3.05) is 7.11 Å². The summed E-state index contributed by atoms with van der Waals surface area (Å²) < 4.78 is 5.29. The molecule has 2 aromatic carbocycles. The van der Waals surface area contributed by atoms with Crippen molar-refractivity contribution in [3.05, 3.63) is 93.8 Å². The number of dihydropyridines is 1. The SMILES string of the molecule is COC(O)C1=C(C)NC(C)=C(C(O)C(C)Cc2ccccc2)C1c1cccc(CO)c1. The highest BCUT2D eigenvalue weighted by Gasteiger charge is 2.37. The first-order valence-electron chi connectivity index (χ1n) is 10.7. The zero-order valence-electron chi connectivity index (χ0n) is 18.7. The Bertz CT molecular complexity index is 951. The van der Waals surface area contributed by atoms with Crippen LogP contribution in [0.1, 0.15) is 43.4 Å². The number of rotatable bonds is 8. The lowest BCUT2D eigenvalue weighted by Crippen LogP contribution is -2.37. The number of aliphatic hydroxyl groups is 3. The molecule has 0 saturated heterocycles. The normalized spacial score (nSPS) is 19.8. The molecule has 31 heavy (non-hydrogen) atoms. The Hall–Kier alpha value is -2.44. The second-order valence-electron chi connectivity index (χ2n) is 8.32. The summed E-state index contributed by atoms with van der Waals surface area (Å²) in [5.74, 6) is -0.409. The molecule has 5 nitrogen and oxygen atoms in total. The lowest BCUT2D eigenvalue weighted by Gasteiger charge is -2.38. The summed E-state index contributed by atoms with van der Waals surface area (Å²) in [6.07, 6.45) is -1.12. The molecule has 4 atom stereocenters. The zero-order chi connectivity index (χ0) is 22.5. The van der Waals surface area contributed by atoms with E-state index in [-0.39, 0.29) is 18.4 Å². The predicted molar refractivity (Wildman–Crippen MR) is 122 cm³/mol. The molecule has 166 valence electrons. The Balaban J connectivity index is 2.05. The maximum atomic E-state index is 11.5. The molecule has 0 spiro atoms. The van der Waals surface area contributed by atoms with Gasteiger partial charge >= 0.3 is 0 Å². The van der Waals surface area contributed by atoms with Gasteiger partial charge in [-0.05, 0) is 48.4 Å². The molecule has 4 unspecified atom stereocenters. The van der Waals surface area contributed by atoms with E-state index in [1.54, 1.807) is 0 Å². The van der Waals surface area contributed by atoms with Crippen LogP contribution in [0.4, 0.5) is 0 Å². The van der Waals surface area contributed by atoms with E-state index < -0.39 is 12.4 Å². The predicted octanol–water partition coefficient (Wildman–Crippen LogP) is 3.62. The third kappa shape index (κ3) is 5.08. The van der Waals surface area contributed by atoms with Gasteiger partial charge < -0.3 is 25.4 Å². The number of nitrogens with one attached hydrogen (secondary N) is 1. The van der Waals surface area contributed by atoms with Crippen LogP contribution in [-0.4, -0.2) is 34.8 Å². The summed E-state index contributed by atoms with van der Waals surface area (Å²) >= 11 is 0. The number of ether oxygens (including phenoxy) is 1. The summed E-state index contributed by atoms with van der Waals surface area (Å²) in [4.78, 5) is 0. The van der Waals surface area contributed by atoms with Crippen molar-refractivity contribution < 1.29 is 20.1 Å². The molecule has 0 radical (unpaired) electrons. The van der Waals surface area contributed by atoms with Gasteiger partial charge in [0.2, 0.25) is 0 Å². The lowest BCUT2D eigenvalue weighted by molar-refractivity contribution is -0.0493. The molecule has 1 heterocycles. The smallest absolute Gasteiger partial charge is 0.179 e. The maximum absolute atomic E-state index is 11.5. The van der Waals surface area contributed by atoms with Crippen molar-refractivity contribution in [3.8, 4) is 0 Å². The first-order valence-corrected chi connectivity index (χ1v) is 10.7. The number of methoxy groups -OCH3 is 1. The third-order valence-electron chi connectivity index (χ3n) is 6.08. The molecule has 0 amide bonds. The summed E-state index contributed by atoms with van der Waals surface area (Å²) in [5.41, 5.74) is 6.01. The van der Waals surface area contributed by atoms with Crippen molar-refractivity contribution in [1.82, 2.24) is 5.32 Å². The van der Waals surface area contributed by atoms with E-state index in [1.807, 2.05) is 63.2 Å². The highest BCUT2D eigenvalue weighted by atomic mass is 16.6. The Morgan fingerprint density at radius 3 is 2.23 bits per heavy atom. The quantitative estimate of drug-likeness (QED) is 0.488. The molecular weight excluding hydrogens is 390 g/mol. The van der Waals surface area contributed by atoms with E-state index in [1.165, 1.54) is 12.7 Å². The standard InChI is InChI=1S/C26H33NO4/c1-16(13-19-9-6-5-7-10-19)25(29)22-17(2)27-18(3)23(26(30)31-4)24(22)21-12-8-11-20(14-21)15-28/h5-12,14,16,24-30H,13,15H2,1-4H3. The largest absolute Gasteiger partial charge is 0.392 e. The van der Waals surface area contributed by atoms with Crippen molar-refractivity contribution in [3.63, 3.8) is 0 Å². The fraction of sp³-hybridized carbons (Fsp3) is 0.385. The van der Waals surface area contributed by atoms with Gasteiger partial charge in [0, 0.05) is 30.0 Å². The van der Waals surface area contributed by atoms with Crippen LogP contribution in [0.5, 0.6) is 0 Å². The Morgan fingerprint density at radius 2 is 1.58 bits per heavy atom. The van der Waals surface area contributed by atoms with Gasteiger partial charge in [-0.3, -0.25) is 0 Å². The van der Waals surface area contributed by atoms with E-state index in [0.717, 1.165) is 34.5 Å². The number of aliphatic hydroxyl groups excluding tert-OH is 3. The van der Waals surface area contributed by atoms with Crippen LogP contribution in [0.15, 0.2) is 77.1 Å². The molecule has 5 heteroatoms. The third-order valence-corrected chi connectivity index (χ3v) is 6.08. The van der Waals surface area contributed by atoms with Crippen LogP contribution in [0, 0.1) is 5.92 Å². The zero-order valence-corrected chi connectivity index (χ0v) is 18.7. The maximum Gasteiger partial charge on any atom is 0.179 e. The molecule has 0 saturated carbocycles. The average molecular weight is 424 g/mol. The number of hydrogen-bond acceptors (Lipinski definition) is 5. The van der Waals surface area contributed by atoms with E-state index in [4.69, 9.17) is 4.74 Å². The van der Waals surface area contributed by atoms with Gasteiger partial charge in [0.1, 0.15) is 0 Å². The number of hydrogen-bond donors (Lipinski definition) is 4. The molecule has 1 aliphatic heterocycles. The van der Waals surface area contributed by atoms with Crippen LogP contribution in [0.3, 0.4) is 0 Å². The van der Waals surface area contributed by atoms with Crippen LogP contribution >= 0.6 is 0 Å². The van der Waals surface area contributed by atoms with E-state index in [0.29, 0.717) is 5.57 Å². The van der Waals surface area contributed by atoms with Gasteiger partial charge in [-0.2, -0.15) is 0 Å². The molecular formula is C26H33NO4. The molecule has 1 aliphatic rings. The first kappa shape index (κ1) is 23.2. The Labute approximate surface area is 184 Å². The molecule has 3 rings (SSSR count). The van der Waals surface area contributed by atoms with Crippen molar-refractivity contribution in [1.29, 1.82) is 0 Å². The second-order valence-corrected chi connectivity index (χ2v) is 8.32. The van der Waals surface area contributed by atoms with E-state index >= 15 is 0 Å².